The second-order valence-electron chi connectivity index (χ2n) is 14.1. The second kappa shape index (κ2) is 11.6. The standard InChI is InChI=1S/C51H32N2/c1-3-16-33(17-4-1)35-30-36(34-18-5-2-6-19-34)32-37(31-35)49-41-23-10-14-29-47(41)52-50(53-49)42-24-15-28-46-48(42)40-22-9-13-27-45(40)51(46)43-25-11-7-20-38(43)39-21-8-12-26-44(39)51/h1-32H. The SMILES string of the molecule is c1ccc(-c2cc(-c3ccccc3)cc(-c3nc(-c4cccc5c4-c4ccccc4C54c5ccccc5-c5ccccc54)nc4ccccc34)c2)cc1. The van der Waals surface area contributed by atoms with Crippen LogP contribution in [0.5, 0.6) is 0 Å². The van der Waals surface area contributed by atoms with Crippen molar-refractivity contribution >= 4 is 10.9 Å². The van der Waals surface area contributed by atoms with Crippen LogP contribution in [0.25, 0.3) is 78.1 Å². The van der Waals surface area contributed by atoms with E-state index < -0.39 is 5.41 Å². The first-order valence-electron chi connectivity index (χ1n) is 18.3. The van der Waals surface area contributed by atoms with Crippen LogP contribution in [0.15, 0.2) is 194 Å². The maximum absolute atomic E-state index is 5.55. The predicted octanol–water partition coefficient (Wildman–Crippen LogP) is 12.6. The van der Waals surface area contributed by atoms with Gasteiger partial charge in [0.15, 0.2) is 5.82 Å². The van der Waals surface area contributed by atoms with Gasteiger partial charge in [-0.15, -0.1) is 0 Å². The Morgan fingerprint density at radius 3 is 1.43 bits per heavy atom. The Bertz CT molecular complexity index is 2790. The molecule has 1 heterocycles. The number of hydrogen-bond acceptors (Lipinski definition) is 2. The van der Waals surface area contributed by atoms with Crippen molar-refractivity contribution in [1.82, 2.24) is 9.97 Å². The van der Waals surface area contributed by atoms with E-state index in [-0.39, 0.29) is 0 Å². The molecular weight excluding hydrogens is 641 g/mol. The van der Waals surface area contributed by atoms with Crippen LogP contribution < -0.4 is 0 Å². The molecule has 11 rings (SSSR count). The van der Waals surface area contributed by atoms with Crippen LogP contribution in [0.3, 0.4) is 0 Å². The molecule has 0 radical (unpaired) electrons. The summed E-state index contributed by atoms with van der Waals surface area (Å²) in [7, 11) is 0. The maximum atomic E-state index is 5.55. The van der Waals surface area contributed by atoms with Gasteiger partial charge in [0.25, 0.3) is 0 Å². The van der Waals surface area contributed by atoms with E-state index in [0.29, 0.717) is 0 Å². The van der Waals surface area contributed by atoms with Crippen LogP contribution >= 0.6 is 0 Å². The Balaban J connectivity index is 1.19. The zero-order chi connectivity index (χ0) is 34.9. The Kier molecular flexibility index (Phi) is 6.50. The van der Waals surface area contributed by atoms with Gasteiger partial charge in [0.2, 0.25) is 0 Å². The van der Waals surface area contributed by atoms with Crippen LogP contribution in [0, 0.1) is 0 Å². The van der Waals surface area contributed by atoms with Gasteiger partial charge in [-0.2, -0.15) is 0 Å². The van der Waals surface area contributed by atoms with E-state index >= 15 is 0 Å². The number of para-hydroxylation sites is 1. The van der Waals surface area contributed by atoms with Crippen molar-refractivity contribution in [3.63, 3.8) is 0 Å². The van der Waals surface area contributed by atoms with Crippen molar-refractivity contribution in [2.24, 2.45) is 0 Å². The fraction of sp³-hybridized carbons (Fsp3) is 0.0196. The van der Waals surface area contributed by atoms with E-state index in [4.69, 9.17) is 9.97 Å². The molecule has 1 spiro atoms. The Morgan fingerprint density at radius 2 is 0.792 bits per heavy atom. The normalized spacial score (nSPS) is 13.1. The Morgan fingerprint density at radius 1 is 0.321 bits per heavy atom. The third-order valence-corrected chi connectivity index (χ3v) is 11.3. The molecule has 0 N–H and O–H groups in total. The van der Waals surface area contributed by atoms with Crippen molar-refractivity contribution in [3.05, 3.63) is 216 Å². The molecule has 9 aromatic rings. The minimum atomic E-state index is -0.427. The summed E-state index contributed by atoms with van der Waals surface area (Å²) in [6.07, 6.45) is 0. The van der Waals surface area contributed by atoms with Crippen LogP contribution in [0.2, 0.25) is 0 Å². The summed E-state index contributed by atoms with van der Waals surface area (Å²) in [5.41, 5.74) is 18.5. The minimum absolute atomic E-state index is 0.427. The van der Waals surface area contributed by atoms with E-state index in [2.05, 4.69) is 194 Å². The zero-order valence-electron chi connectivity index (χ0n) is 28.9. The fourth-order valence-electron chi connectivity index (χ4n) is 9.11. The molecule has 246 valence electrons. The van der Waals surface area contributed by atoms with Crippen molar-refractivity contribution < 1.29 is 0 Å². The smallest absolute Gasteiger partial charge is 0.161 e. The van der Waals surface area contributed by atoms with Crippen LogP contribution in [0.4, 0.5) is 0 Å². The van der Waals surface area contributed by atoms with Crippen molar-refractivity contribution in [3.8, 4) is 67.2 Å². The molecule has 0 aliphatic heterocycles. The van der Waals surface area contributed by atoms with Crippen molar-refractivity contribution in [2.75, 3.05) is 0 Å². The van der Waals surface area contributed by atoms with E-state index in [9.17, 15) is 0 Å². The van der Waals surface area contributed by atoms with Crippen molar-refractivity contribution in [2.45, 2.75) is 5.41 Å². The molecular formula is C51H32N2. The van der Waals surface area contributed by atoms with Gasteiger partial charge in [0.1, 0.15) is 0 Å². The average molecular weight is 673 g/mol. The van der Waals surface area contributed by atoms with Gasteiger partial charge in [0, 0.05) is 16.5 Å². The lowest BCUT2D eigenvalue weighted by atomic mass is 9.70. The summed E-state index contributed by atoms with van der Waals surface area (Å²) in [5, 5.41) is 1.03. The molecule has 8 aromatic carbocycles. The highest BCUT2D eigenvalue weighted by atomic mass is 14.9. The number of benzene rings is 8. The third-order valence-electron chi connectivity index (χ3n) is 11.3. The number of aromatic nitrogens is 2. The lowest BCUT2D eigenvalue weighted by Crippen LogP contribution is -2.25. The van der Waals surface area contributed by atoms with E-state index in [1.807, 2.05) is 0 Å². The summed E-state index contributed by atoms with van der Waals surface area (Å²) in [5.74, 6) is 0.730. The number of hydrogen-bond donors (Lipinski definition) is 0. The highest BCUT2D eigenvalue weighted by molar-refractivity contribution is 6.01. The van der Waals surface area contributed by atoms with Gasteiger partial charge in [0.05, 0.1) is 16.6 Å². The fourth-order valence-corrected chi connectivity index (χ4v) is 9.11. The average Bonchev–Trinajstić information content (AvgIpc) is 3.71. The van der Waals surface area contributed by atoms with E-state index in [1.54, 1.807) is 0 Å². The lowest BCUT2D eigenvalue weighted by Gasteiger charge is -2.30. The highest BCUT2D eigenvalue weighted by Crippen LogP contribution is 2.63. The molecule has 0 bridgehead atoms. The molecule has 0 saturated heterocycles. The van der Waals surface area contributed by atoms with Gasteiger partial charge in [-0.3, -0.25) is 0 Å². The van der Waals surface area contributed by atoms with Crippen LogP contribution in [-0.4, -0.2) is 9.97 Å². The molecule has 1 aromatic heterocycles. The van der Waals surface area contributed by atoms with Gasteiger partial charge in [-0.25, -0.2) is 9.97 Å². The molecule has 0 saturated carbocycles. The van der Waals surface area contributed by atoms with Gasteiger partial charge < -0.3 is 0 Å². The molecule has 0 unspecified atom stereocenters. The first kappa shape index (κ1) is 29.8. The molecule has 53 heavy (non-hydrogen) atoms. The topological polar surface area (TPSA) is 25.8 Å². The predicted molar refractivity (Wildman–Crippen MR) is 218 cm³/mol. The van der Waals surface area contributed by atoms with Crippen LogP contribution in [0.1, 0.15) is 22.3 Å². The summed E-state index contributed by atoms with van der Waals surface area (Å²) < 4.78 is 0. The van der Waals surface area contributed by atoms with Gasteiger partial charge in [-0.1, -0.05) is 170 Å². The summed E-state index contributed by atoms with van der Waals surface area (Å²) >= 11 is 0. The van der Waals surface area contributed by atoms with E-state index in [0.717, 1.165) is 44.7 Å². The first-order valence-corrected chi connectivity index (χ1v) is 18.3. The van der Waals surface area contributed by atoms with Gasteiger partial charge >= 0.3 is 0 Å². The summed E-state index contributed by atoms with van der Waals surface area (Å²) in [4.78, 5) is 10.9. The molecule has 2 aliphatic carbocycles. The summed E-state index contributed by atoms with van der Waals surface area (Å²) in [6.45, 7) is 0. The molecule has 2 heteroatoms. The molecule has 0 atom stereocenters. The maximum Gasteiger partial charge on any atom is 0.161 e. The quantitative estimate of drug-likeness (QED) is 0.186. The second-order valence-corrected chi connectivity index (χ2v) is 14.1. The Hall–Kier alpha value is -6.90. The van der Waals surface area contributed by atoms with Crippen LogP contribution in [-0.2, 0) is 5.41 Å². The number of fused-ring (bicyclic) bond motifs is 11. The minimum Gasteiger partial charge on any atom is -0.228 e. The number of rotatable bonds is 4. The molecule has 0 amide bonds. The first-order chi connectivity index (χ1) is 26.3. The summed E-state index contributed by atoms with van der Waals surface area (Å²) in [6, 6.07) is 70.1. The highest BCUT2D eigenvalue weighted by Gasteiger charge is 2.52. The van der Waals surface area contributed by atoms with Crippen molar-refractivity contribution in [1.29, 1.82) is 0 Å². The molecule has 2 nitrogen and oxygen atoms in total. The monoisotopic (exact) mass is 672 g/mol. The molecule has 0 fully saturated rings. The van der Waals surface area contributed by atoms with Gasteiger partial charge in [-0.05, 0) is 91.0 Å². The number of nitrogens with zero attached hydrogens (tertiary/aromatic N) is 2. The lowest BCUT2D eigenvalue weighted by molar-refractivity contribution is 0.794. The molecule has 2 aliphatic rings. The largest absolute Gasteiger partial charge is 0.228 e. The Labute approximate surface area is 308 Å². The zero-order valence-corrected chi connectivity index (χ0v) is 28.9. The third kappa shape index (κ3) is 4.33. The van der Waals surface area contributed by atoms with E-state index in [1.165, 1.54) is 55.6 Å².